The molecule has 0 unspecified atom stereocenters. The molecule has 1 aromatic rings. The first-order chi connectivity index (χ1) is 7.74. The highest BCUT2D eigenvalue weighted by Crippen LogP contribution is 2.25. The van der Waals surface area contributed by atoms with Crippen molar-refractivity contribution in [1.29, 1.82) is 0 Å². The fraction of sp³-hybridized carbons (Fsp3) is 0.222. The molecule has 1 aromatic carbocycles. The van der Waals surface area contributed by atoms with Gasteiger partial charge in [0.25, 0.3) is 0 Å². The van der Waals surface area contributed by atoms with Gasteiger partial charge in [-0.25, -0.2) is 13.1 Å². The number of aryl methyl sites for hydroxylation is 1. The summed E-state index contributed by atoms with van der Waals surface area (Å²) in [6.07, 6.45) is 0. The molecule has 6 nitrogen and oxygen atoms in total. The number of nitrogens with two attached hydrogens (primary N) is 2. The van der Waals surface area contributed by atoms with E-state index in [0.717, 1.165) is 0 Å². The number of nitrogen functional groups attached to an aromatic ring is 1. The normalized spacial score (nSPS) is 11.4. The first kappa shape index (κ1) is 13.8. The van der Waals surface area contributed by atoms with Gasteiger partial charge in [-0.05, 0) is 24.6 Å². The molecule has 0 fully saturated rings. The van der Waals surface area contributed by atoms with Crippen LogP contribution in [-0.2, 0) is 14.8 Å². The molecule has 1 amide bonds. The van der Waals surface area contributed by atoms with Gasteiger partial charge >= 0.3 is 0 Å². The number of nitrogens with one attached hydrogen (secondary N) is 1. The molecule has 5 N–H and O–H groups in total. The maximum absolute atomic E-state index is 11.8. The first-order valence-corrected chi connectivity index (χ1v) is 6.43. The SMILES string of the molecule is Cc1cc(Cl)c(N)cc1S(=O)(=O)NCC(N)=O. The molecule has 0 aromatic heterocycles. The highest BCUT2D eigenvalue weighted by Gasteiger charge is 2.18. The van der Waals surface area contributed by atoms with E-state index in [4.69, 9.17) is 23.1 Å². The van der Waals surface area contributed by atoms with Crippen molar-refractivity contribution in [3.8, 4) is 0 Å². The van der Waals surface area contributed by atoms with Crippen molar-refractivity contribution in [3.05, 3.63) is 22.7 Å². The van der Waals surface area contributed by atoms with Crippen molar-refractivity contribution < 1.29 is 13.2 Å². The molecular formula is C9H12ClN3O3S. The van der Waals surface area contributed by atoms with Crippen LogP contribution in [0.25, 0.3) is 0 Å². The zero-order valence-corrected chi connectivity index (χ0v) is 10.6. The van der Waals surface area contributed by atoms with E-state index in [1.165, 1.54) is 12.1 Å². The summed E-state index contributed by atoms with van der Waals surface area (Å²) in [6.45, 7) is 1.11. The minimum atomic E-state index is -3.81. The van der Waals surface area contributed by atoms with Gasteiger partial charge in [0, 0.05) is 0 Å². The Balaban J connectivity index is 3.15. The number of benzene rings is 1. The van der Waals surface area contributed by atoms with E-state index in [1.54, 1.807) is 6.92 Å². The molecule has 0 atom stereocenters. The fourth-order valence-corrected chi connectivity index (χ4v) is 2.67. The topological polar surface area (TPSA) is 115 Å². The van der Waals surface area contributed by atoms with Crippen molar-refractivity contribution in [1.82, 2.24) is 4.72 Å². The zero-order chi connectivity index (χ0) is 13.2. The molecule has 0 aliphatic carbocycles. The summed E-state index contributed by atoms with van der Waals surface area (Å²) in [7, 11) is -3.81. The van der Waals surface area contributed by atoms with Crippen LogP contribution < -0.4 is 16.2 Å². The lowest BCUT2D eigenvalue weighted by molar-refractivity contribution is -0.116. The Morgan fingerprint density at radius 2 is 2.06 bits per heavy atom. The van der Waals surface area contributed by atoms with Crippen LogP contribution in [0.4, 0.5) is 5.69 Å². The zero-order valence-electron chi connectivity index (χ0n) is 9.03. The van der Waals surface area contributed by atoms with Crippen LogP contribution in [0.15, 0.2) is 17.0 Å². The Morgan fingerprint density at radius 1 is 1.47 bits per heavy atom. The van der Waals surface area contributed by atoms with Gasteiger partial charge in [-0.15, -0.1) is 0 Å². The van der Waals surface area contributed by atoms with Crippen molar-refractivity contribution >= 4 is 33.2 Å². The molecule has 0 saturated carbocycles. The molecular weight excluding hydrogens is 266 g/mol. The number of anilines is 1. The summed E-state index contributed by atoms with van der Waals surface area (Å²) >= 11 is 5.75. The van der Waals surface area contributed by atoms with Crippen LogP contribution in [0.3, 0.4) is 0 Å². The highest BCUT2D eigenvalue weighted by atomic mass is 35.5. The van der Waals surface area contributed by atoms with E-state index < -0.39 is 22.5 Å². The third-order valence-corrected chi connectivity index (χ3v) is 3.89. The molecule has 0 aliphatic rings. The van der Waals surface area contributed by atoms with Crippen molar-refractivity contribution in [2.45, 2.75) is 11.8 Å². The van der Waals surface area contributed by atoms with Gasteiger partial charge < -0.3 is 11.5 Å². The number of hydrogen-bond donors (Lipinski definition) is 3. The summed E-state index contributed by atoms with van der Waals surface area (Å²) in [4.78, 5) is 10.5. The van der Waals surface area contributed by atoms with E-state index in [9.17, 15) is 13.2 Å². The van der Waals surface area contributed by atoms with Crippen LogP contribution in [0.2, 0.25) is 5.02 Å². The van der Waals surface area contributed by atoms with Crippen molar-refractivity contribution in [3.63, 3.8) is 0 Å². The average Bonchev–Trinajstić information content (AvgIpc) is 2.20. The third kappa shape index (κ3) is 3.32. The van der Waals surface area contributed by atoms with Gasteiger partial charge in [-0.1, -0.05) is 11.6 Å². The number of halogens is 1. The molecule has 8 heteroatoms. The molecule has 0 spiro atoms. The minimum Gasteiger partial charge on any atom is -0.397 e. The van der Waals surface area contributed by atoms with Crippen LogP contribution in [0, 0.1) is 6.92 Å². The lowest BCUT2D eigenvalue weighted by Gasteiger charge is -2.10. The van der Waals surface area contributed by atoms with Gasteiger partial charge in [-0.3, -0.25) is 4.79 Å². The number of amides is 1. The van der Waals surface area contributed by atoms with Gasteiger partial charge in [0.15, 0.2) is 0 Å². The molecule has 94 valence electrons. The summed E-state index contributed by atoms with van der Waals surface area (Å²) in [5.41, 5.74) is 11.0. The monoisotopic (exact) mass is 277 g/mol. The van der Waals surface area contributed by atoms with Crippen molar-refractivity contribution in [2.24, 2.45) is 5.73 Å². The molecule has 0 radical (unpaired) electrons. The maximum atomic E-state index is 11.8. The predicted octanol–water partition coefficient (Wildman–Crippen LogP) is -0.00578. The Hall–Kier alpha value is -1.31. The Labute approximate surface area is 104 Å². The summed E-state index contributed by atoms with van der Waals surface area (Å²) in [6, 6.07) is 2.68. The lowest BCUT2D eigenvalue weighted by Crippen LogP contribution is -2.33. The molecule has 0 heterocycles. The minimum absolute atomic E-state index is 0.0272. The molecule has 0 bridgehead atoms. The van der Waals surface area contributed by atoms with E-state index >= 15 is 0 Å². The third-order valence-electron chi connectivity index (χ3n) is 2.02. The second-order valence-corrected chi connectivity index (χ2v) is 5.57. The molecule has 0 aliphatic heterocycles. The van der Waals surface area contributed by atoms with Crippen molar-refractivity contribution in [2.75, 3.05) is 12.3 Å². The Kier molecular flexibility index (Phi) is 3.97. The van der Waals surface area contributed by atoms with Crippen LogP contribution >= 0.6 is 11.6 Å². The van der Waals surface area contributed by atoms with Gasteiger partial charge in [0.2, 0.25) is 15.9 Å². The number of carbonyl (C=O) groups excluding carboxylic acids is 1. The Morgan fingerprint density at radius 3 is 2.59 bits per heavy atom. The van der Waals surface area contributed by atoms with Gasteiger partial charge in [-0.2, -0.15) is 0 Å². The molecule has 0 saturated heterocycles. The quantitative estimate of drug-likeness (QED) is 0.672. The number of primary amides is 1. The van der Waals surface area contributed by atoms with Crippen LogP contribution in [0.1, 0.15) is 5.56 Å². The van der Waals surface area contributed by atoms with E-state index in [1.807, 2.05) is 0 Å². The van der Waals surface area contributed by atoms with Gasteiger partial charge in [0.05, 0.1) is 22.2 Å². The van der Waals surface area contributed by atoms with Gasteiger partial charge in [0.1, 0.15) is 0 Å². The van der Waals surface area contributed by atoms with Crippen LogP contribution in [0.5, 0.6) is 0 Å². The Bertz CT molecular complexity index is 557. The number of hydrogen-bond acceptors (Lipinski definition) is 4. The largest absolute Gasteiger partial charge is 0.397 e. The number of rotatable bonds is 4. The molecule has 17 heavy (non-hydrogen) atoms. The standard InChI is InChI=1S/C9H12ClN3O3S/c1-5-2-6(10)7(11)3-8(5)17(15,16)13-4-9(12)14/h2-3,13H,4,11H2,1H3,(H2,12,14). The second-order valence-electron chi connectivity index (χ2n) is 3.43. The van der Waals surface area contributed by atoms with E-state index in [0.29, 0.717) is 5.56 Å². The average molecular weight is 278 g/mol. The number of sulfonamides is 1. The smallest absolute Gasteiger partial charge is 0.241 e. The van der Waals surface area contributed by atoms with E-state index in [-0.39, 0.29) is 15.6 Å². The van der Waals surface area contributed by atoms with E-state index in [2.05, 4.69) is 4.72 Å². The van der Waals surface area contributed by atoms with Crippen LogP contribution in [-0.4, -0.2) is 20.9 Å². The lowest BCUT2D eigenvalue weighted by atomic mass is 10.2. The summed E-state index contributed by atoms with van der Waals surface area (Å²) < 4.78 is 25.7. The first-order valence-electron chi connectivity index (χ1n) is 4.57. The predicted molar refractivity (Wildman–Crippen MR) is 65.0 cm³/mol. The summed E-state index contributed by atoms with van der Waals surface area (Å²) in [5.74, 6) is -0.770. The fourth-order valence-electron chi connectivity index (χ4n) is 1.20. The number of carbonyl (C=O) groups is 1. The highest BCUT2D eigenvalue weighted by molar-refractivity contribution is 7.89. The second kappa shape index (κ2) is 4.91. The molecule has 1 rings (SSSR count). The maximum Gasteiger partial charge on any atom is 0.241 e. The summed E-state index contributed by atoms with van der Waals surface area (Å²) in [5, 5.41) is 0.274.